The minimum Gasteiger partial charge on any atom is -0.493 e. The number of para-hydroxylation sites is 1. The number of nitrogens with zero attached hydrogens (tertiary/aromatic N) is 2. The molecule has 7 heteroatoms. The second kappa shape index (κ2) is 11.8. The molecule has 0 unspecified atom stereocenters. The van der Waals surface area contributed by atoms with E-state index in [1.807, 2.05) is 42.5 Å². The van der Waals surface area contributed by atoms with Crippen molar-refractivity contribution in [1.29, 1.82) is 0 Å². The molecular formula is C23H31IN4O2. The maximum atomic E-state index is 12.0. The summed E-state index contributed by atoms with van der Waals surface area (Å²) >= 11 is 0. The number of rotatable bonds is 8. The molecule has 0 heterocycles. The van der Waals surface area contributed by atoms with E-state index in [1.54, 1.807) is 26.0 Å². The van der Waals surface area contributed by atoms with Crippen molar-refractivity contribution in [2.45, 2.75) is 25.9 Å². The van der Waals surface area contributed by atoms with E-state index in [1.165, 1.54) is 12.8 Å². The van der Waals surface area contributed by atoms with Gasteiger partial charge in [0.1, 0.15) is 5.75 Å². The van der Waals surface area contributed by atoms with Crippen LogP contribution in [-0.4, -0.2) is 44.5 Å². The molecular weight excluding hydrogens is 491 g/mol. The van der Waals surface area contributed by atoms with Crippen molar-refractivity contribution in [1.82, 2.24) is 15.5 Å². The Morgan fingerprint density at radius 3 is 2.37 bits per heavy atom. The van der Waals surface area contributed by atoms with Gasteiger partial charge in [-0.25, -0.2) is 0 Å². The highest BCUT2D eigenvalue weighted by Gasteiger charge is 2.22. The number of hydrogen-bond donors (Lipinski definition) is 2. The molecule has 2 N–H and O–H groups in total. The fourth-order valence-electron chi connectivity index (χ4n) is 2.89. The lowest BCUT2D eigenvalue weighted by atomic mass is 10.1. The average Bonchev–Trinajstić information content (AvgIpc) is 3.57. The van der Waals surface area contributed by atoms with Gasteiger partial charge in [0.15, 0.2) is 5.96 Å². The molecule has 6 nitrogen and oxygen atoms in total. The van der Waals surface area contributed by atoms with Crippen molar-refractivity contribution in [3.8, 4) is 5.75 Å². The van der Waals surface area contributed by atoms with Crippen molar-refractivity contribution >= 4 is 35.8 Å². The summed E-state index contributed by atoms with van der Waals surface area (Å²) in [6.07, 6.45) is 2.56. The molecule has 0 bridgehead atoms. The molecule has 1 amide bonds. The number of carbonyl (C=O) groups excluding carboxylic acids is 1. The van der Waals surface area contributed by atoms with Gasteiger partial charge < -0.3 is 20.3 Å². The molecule has 1 aliphatic rings. The molecule has 0 aliphatic heterocycles. The lowest BCUT2D eigenvalue weighted by molar-refractivity contribution is 0.0827. The van der Waals surface area contributed by atoms with Gasteiger partial charge in [-0.05, 0) is 42.5 Å². The van der Waals surface area contributed by atoms with Crippen LogP contribution >= 0.6 is 24.0 Å². The first-order valence-electron chi connectivity index (χ1n) is 10.0. The minimum absolute atomic E-state index is 0. The smallest absolute Gasteiger partial charge is 0.253 e. The number of carbonyl (C=O) groups is 1. The molecule has 162 valence electrons. The molecule has 30 heavy (non-hydrogen) atoms. The number of guanidine groups is 1. The van der Waals surface area contributed by atoms with Gasteiger partial charge in [0, 0.05) is 45.4 Å². The van der Waals surface area contributed by atoms with Crippen LogP contribution in [0.4, 0.5) is 0 Å². The van der Waals surface area contributed by atoms with E-state index in [0.717, 1.165) is 35.4 Å². The Balaban J connectivity index is 0.00000320. The van der Waals surface area contributed by atoms with Crippen LogP contribution in [0.25, 0.3) is 0 Å². The predicted molar refractivity (Wildman–Crippen MR) is 132 cm³/mol. The van der Waals surface area contributed by atoms with Crippen LogP contribution in [0.3, 0.4) is 0 Å². The van der Waals surface area contributed by atoms with Gasteiger partial charge in [-0.1, -0.05) is 30.3 Å². The summed E-state index contributed by atoms with van der Waals surface area (Å²) in [5.74, 6) is 2.38. The Kier molecular flexibility index (Phi) is 9.42. The first-order chi connectivity index (χ1) is 14.1. The topological polar surface area (TPSA) is 66.0 Å². The van der Waals surface area contributed by atoms with Gasteiger partial charge >= 0.3 is 0 Å². The third-order valence-electron chi connectivity index (χ3n) is 4.88. The predicted octanol–water partition coefficient (Wildman–Crippen LogP) is 3.66. The highest BCUT2D eigenvalue weighted by molar-refractivity contribution is 14.0. The summed E-state index contributed by atoms with van der Waals surface area (Å²) in [6, 6.07) is 15.7. The van der Waals surface area contributed by atoms with Gasteiger partial charge in [-0.15, -0.1) is 24.0 Å². The van der Waals surface area contributed by atoms with Gasteiger partial charge in [0.25, 0.3) is 5.91 Å². The molecule has 0 atom stereocenters. The summed E-state index contributed by atoms with van der Waals surface area (Å²) in [5.41, 5.74) is 2.88. The minimum atomic E-state index is 0. The zero-order valence-electron chi connectivity index (χ0n) is 17.9. The Morgan fingerprint density at radius 2 is 1.73 bits per heavy atom. The second-order valence-electron chi connectivity index (χ2n) is 7.54. The standard InChI is InChI=1S/C23H30N4O2.HI/c1-24-23(25-14-17-10-12-19(13-11-17)22(28)27(2)3)26-15-20-6-4-5-7-21(20)29-16-18-8-9-18;/h4-7,10-13,18H,8-9,14-16H2,1-3H3,(H2,24,25,26);1H. The molecule has 2 aromatic rings. The normalized spacial score (nSPS) is 13.2. The van der Waals surface area contributed by atoms with Crippen molar-refractivity contribution in [3.63, 3.8) is 0 Å². The monoisotopic (exact) mass is 522 g/mol. The van der Waals surface area contributed by atoms with E-state index in [0.29, 0.717) is 18.7 Å². The molecule has 0 spiro atoms. The SMILES string of the molecule is CN=C(NCc1ccc(C(=O)N(C)C)cc1)NCc1ccccc1OCC1CC1.I. The number of halogens is 1. The van der Waals surface area contributed by atoms with Crippen LogP contribution < -0.4 is 15.4 Å². The number of amides is 1. The lowest BCUT2D eigenvalue weighted by Crippen LogP contribution is -2.36. The van der Waals surface area contributed by atoms with Crippen LogP contribution in [-0.2, 0) is 13.1 Å². The van der Waals surface area contributed by atoms with Gasteiger partial charge in [-0.2, -0.15) is 0 Å². The third kappa shape index (κ3) is 7.19. The molecule has 0 saturated heterocycles. The summed E-state index contributed by atoms with van der Waals surface area (Å²) in [7, 11) is 5.26. The quantitative estimate of drug-likeness (QED) is 0.316. The number of nitrogens with one attached hydrogen (secondary N) is 2. The van der Waals surface area contributed by atoms with Crippen LogP contribution in [0.1, 0.15) is 34.3 Å². The fourth-order valence-corrected chi connectivity index (χ4v) is 2.89. The van der Waals surface area contributed by atoms with E-state index < -0.39 is 0 Å². The molecule has 0 radical (unpaired) electrons. The highest BCUT2D eigenvalue weighted by Crippen LogP contribution is 2.30. The van der Waals surface area contributed by atoms with E-state index in [9.17, 15) is 4.79 Å². The van der Waals surface area contributed by atoms with E-state index in [2.05, 4.69) is 21.7 Å². The zero-order chi connectivity index (χ0) is 20.6. The lowest BCUT2D eigenvalue weighted by Gasteiger charge is -2.15. The van der Waals surface area contributed by atoms with E-state index in [4.69, 9.17) is 4.74 Å². The number of aliphatic imine (C=N–C) groups is 1. The molecule has 1 fully saturated rings. The number of benzene rings is 2. The Bertz CT molecular complexity index is 849. The molecule has 1 saturated carbocycles. The van der Waals surface area contributed by atoms with Crippen molar-refractivity contribution in [3.05, 3.63) is 65.2 Å². The van der Waals surface area contributed by atoms with Gasteiger partial charge in [-0.3, -0.25) is 9.79 Å². The molecule has 1 aliphatic carbocycles. The van der Waals surface area contributed by atoms with Crippen molar-refractivity contribution in [2.75, 3.05) is 27.7 Å². The first-order valence-corrected chi connectivity index (χ1v) is 10.0. The number of ether oxygens (including phenoxy) is 1. The zero-order valence-corrected chi connectivity index (χ0v) is 20.2. The first kappa shape index (κ1) is 24.0. The van der Waals surface area contributed by atoms with Crippen molar-refractivity contribution in [2.24, 2.45) is 10.9 Å². The molecule has 3 rings (SSSR count). The Morgan fingerprint density at radius 1 is 1.07 bits per heavy atom. The van der Waals surface area contributed by atoms with Crippen LogP contribution in [0.15, 0.2) is 53.5 Å². The molecule has 0 aromatic heterocycles. The summed E-state index contributed by atoms with van der Waals surface area (Å²) < 4.78 is 5.97. The number of hydrogen-bond acceptors (Lipinski definition) is 3. The summed E-state index contributed by atoms with van der Waals surface area (Å²) in [6.45, 7) is 2.06. The average molecular weight is 522 g/mol. The fraction of sp³-hybridized carbons (Fsp3) is 0.391. The van der Waals surface area contributed by atoms with E-state index >= 15 is 0 Å². The maximum Gasteiger partial charge on any atom is 0.253 e. The summed E-state index contributed by atoms with van der Waals surface area (Å²) in [5, 5.41) is 6.65. The van der Waals surface area contributed by atoms with E-state index in [-0.39, 0.29) is 29.9 Å². The second-order valence-corrected chi connectivity index (χ2v) is 7.54. The van der Waals surface area contributed by atoms with Crippen molar-refractivity contribution < 1.29 is 9.53 Å². The summed E-state index contributed by atoms with van der Waals surface area (Å²) in [4.78, 5) is 17.8. The van der Waals surface area contributed by atoms with Gasteiger partial charge in [0.05, 0.1) is 6.61 Å². The highest BCUT2D eigenvalue weighted by atomic mass is 127. The molecule has 2 aromatic carbocycles. The third-order valence-corrected chi connectivity index (χ3v) is 4.88. The Labute approximate surface area is 196 Å². The Hall–Kier alpha value is -2.29. The van der Waals surface area contributed by atoms with Crippen LogP contribution in [0, 0.1) is 5.92 Å². The largest absolute Gasteiger partial charge is 0.493 e. The van der Waals surface area contributed by atoms with Gasteiger partial charge in [0.2, 0.25) is 0 Å². The van der Waals surface area contributed by atoms with Crippen LogP contribution in [0.2, 0.25) is 0 Å². The maximum absolute atomic E-state index is 12.0. The van der Waals surface area contributed by atoms with Crippen LogP contribution in [0.5, 0.6) is 5.75 Å².